The summed E-state index contributed by atoms with van der Waals surface area (Å²) in [5.41, 5.74) is 1.77. The van der Waals surface area contributed by atoms with Crippen molar-refractivity contribution in [3.63, 3.8) is 0 Å². The fraction of sp³-hybridized carbons (Fsp3) is 0.579. The van der Waals surface area contributed by atoms with E-state index in [4.69, 9.17) is 0 Å². The molecule has 2 atom stereocenters. The molecular weight excluding hydrogens is 302 g/mol. The lowest BCUT2D eigenvalue weighted by Crippen LogP contribution is -2.42. The van der Waals surface area contributed by atoms with Gasteiger partial charge in [0.15, 0.2) is 0 Å². The molecule has 5 heteroatoms. The van der Waals surface area contributed by atoms with Gasteiger partial charge in [-0.25, -0.2) is 0 Å². The predicted octanol–water partition coefficient (Wildman–Crippen LogP) is 2.68. The summed E-state index contributed by atoms with van der Waals surface area (Å²) in [6.45, 7) is 7.55. The fourth-order valence-electron chi connectivity index (χ4n) is 3.05. The smallest absolute Gasteiger partial charge is 0.224 e. The number of hydrogen-bond acceptors (Lipinski definition) is 3. The monoisotopic (exact) mass is 331 g/mol. The Hall–Kier alpha value is -1.88. The van der Waals surface area contributed by atoms with Gasteiger partial charge in [0.1, 0.15) is 0 Å². The molecule has 1 aromatic carbocycles. The number of anilines is 1. The van der Waals surface area contributed by atoms with E-state index in [1.807, 2.05) is 38.1 Å². The number of rotatable bonds is 6. The third-order valence-corrected chi connectivity index (χ3v) is 4.27. The zero-order valence-electron chi connectivity index (χ0n) is 14.9. The Bertz CT molecular complexity index is 571. The molecule has 5 nitrogen and oxygen atoms in total. The van der Waals surface area contributed by atoms with E-state index in [2.05, 4.69) is 22.9 Å². The Balaban J connectivity index is 1.85. The number of piperidine rings is 1. The average molecular weight is 331 g/mol. The molecule has 1 aromatic rings. The molecule has 1 fully saturated rings. The summed E-state index contributed by atoms with van der Waals surface area (Å²) >= 11 is 0. The fourth-order valence-corrected chi connectivity index (χ4v) is 3.05. The van der Waals surface area contributed by atoms with Crippen LogP contribution in [0.1, 0.15) is 45.6 Å². The molecule has 2 rings (SSSR count). The van der Waals surface area contributed by atoms with Crippen LogP contribution in [0.3, 0.4) is 0 Å². The van der Waals surface area contributed by atoms with E-state index < -0.39 is 0 Å². The number of amides is 2. The van der Waals surface area contributed by atoms with Crippen LogP contribution in [-0.2, 0) is 16.1 Å². The van der Waals surface area contributed by atoms with Gasteiger partial charge in [-0.05, 0) is 49.9 Å². The molecule has 0 unspecified atom stereocenters. The Labute approximate surface area is 144 Å². The van der Waals surface area contributed by atoms with E-state index in [1.54, 1.807) is 0 Å². The van der Waals surface area contributed by atoms with Crippen molar-refractivity contribution >= 4 is 17.5 Å². The summed E-state index contributed by atoms with van der Waals surface area (Å²) in [5.74, 6) is 0.572. The summed E-state index contributed by atoms with van der Waals surface area (Å²) < 4.78 is 0. The third-order valence-electron chi connectivity index (χ3n) is 4.27. The highest BCUT2D eigenvalue weighted by atomic mass is 16.2. The average Bonchev–Trinajstić information content (AvgIpc) is 2.52. The molecule has 0 bridgehead atoms. The standard InChI is InChI=1S/C19H29N3O2/c1-13(2)9-18(23)22-17-6-4-5-15(11-17)12-21-19(24)16-7-8-20-14(3)10-16/h4-6,11,13-14,16,20H,7-10,12H2,1-3H3,(H,21,24)(H,22,23)/t14-,16-/m0/s1. The summed E-state index contributed by atoms with van der Waals surface area (Å²) in [6, 6.07) is 8.05. The molecule has 3 N–H and O–H groups in total. The van der Waals surface area contributed by atoms with Crippen LogP contribution in [0, 0.1) is 11.8 Å². The van der Waals surface area contributed by atoms with Crippen LogP contribution in [-0.4, -0.2) is 24.4 Å². The van der Waals surface area contributed by atoms with Crippen LogP contribution in [0.15, 0.2) is 24.3 Å². The van der Waals surface area contributed by atoms with Crippen molar-refractivity contribution in [2.75, 3.05) is 11.9 Å². The van der Waals surface area contributed by atoms with Crippen LogP contribution in [0.25, 0.3) is 0 Å². The summed E-state index contributed by atoms with van der Waals surface area (Å²) in [4.78, 5) is 24.1. The van der Waals surface area contributed by atoms with Gasteiger partial charge < -0.3 is 16.0 Å². The Morgan fingerprint density at radius 2 is 2.12 bits per heavy atom. The molecule has 24 heavy (non-hydrogen) atoms. The second-order valence-corrected chi connectivity index (χ2v) is 7.14. The lowest BCUT2D eigenvalue weighted by molar-refractivity contribution is -0.126. The Morgan fingerprint density at radius 1 is 1.33 bits per heavy atom. The van der Waals surface area contributed by atoms with Crippen molar-refractivity contribution in [2.24, 2.45) is 11.8 Å². The second kappa shape index (κ2) is 8.83. The minimum atomic E-state index is 0.0230. The Morgan fingerprint density at radius 3 is 2.83 bits per heavy atom. The first-order chi connectivity index (χ1) is 11.4. The van der Waals surface area contributed by atoms with Crippen LogP contribution in [0.5, 0.6) is 0 Å². The maximum atomic E-state index is 12.3. The maximum absolute atomic E-state index is 12.3. The van der Waals surface area contributed by atoms with Crippen LogP contribution in [0.4, 0.5) is 5.69 Å². The highest BCUT2D eigenvalue weighted by Crippen LogP contribution is 2.17. The quantitative estimate of drug-likeness (QED) is 0.750. The van der Waals surface area contributed by atoms with Crippen molar-refractivity contribution < 1.29 is 9.59 Å². The molecular formula is C19H29N3O2. The van der Waals surface area contributed by atoms with Gasteiger partial charge in [-0.3, -0.25) is 9.59 Å². The van der Waals surface area contributed by atoms with Gasteiger partial charge in [0.25, 0.3) is 0 Å². The summed E-state index contributed by atoms with van der Waals surface area (Å²) in [7, 11) is 0. The number of carbonyl (C=O) groups is 2. The SMILES string of the molecule is CC(C)CC(=O)Nc1cccc(CNC(=O)[C@H]2CCN[C@@H](C)C2)c1. The molecule has 0 aliphatic carbocycles. The minimum absolute atomic E-state index is 0.0230. The molecule has 1 saturated heterocycles. The van der Waals surface area contributed by atoms with Gasteiger partial charge in [-0.1, -0.05) is 26.0 Å². The molecule has 0 saturated carbocycles. The minimum Gasteiger partial charge on any atom is -0.352 e. The molecule has 1 aliphatic heterocycles. The maximum Gasteiger partial charge on any atom is 0.224 e. The molecule has 1 heterocycles. The van der Waals surface area contributed by atoms with Crippen LogP contribution >= 0.6 is 0 Å². The molecule has 0 spiro atoms. The summed E-state index contributed by atoms with van der Waals surface area (Å²) in [5, 5.41) is 9.29. The van der Waals surface area contributed by atoms with Crippen LogP contribution in [0.2, 0.25) is 0 Å². The van der Waals surface area contributed by atoms with Crippen molar-refractivity contribution in [3.05, 3.63) is 29.8 Å². The molecule has 0 aromatic heterocycles. The molecule has 0 radical (unpaired) electrons. The lowest BCUT2D eigenvalue weighted by atomic mass is 9.92. The highest BCUT2D eigenvalue weighted by molar-refractivity contribution is 5.90. The Kier molecular flexibility index (Phi) is 6.79. The largest absolute Gasteiger partial charge is 0.352 e. The topological polar surface area (TPSA) is 70.2 Å². The first kappa shape index (κ1) is 18.5. The number of benzene rings is 1. The number of hydrogen-bond donors (Lipinski definition) is 3. The van der Waals surface area contributed by atoms with Gasteiger partial charge in [-0.15, -0.1) is 0 Å². The van der Waals surface area contributed by atoms with Gasteiger partial charge in [0, 0.05) is 30.6 Å². The van der Waals surface area contributed by atoms with Crippen LogP contribution < -0.4 is 16.0 Å². The summed E-state index contributed by atoms with van der Waals surface area (Å²) in [6.07, 6.45) is 2.29. The third kappa shape index (κ3) is 5.96. The van der Waals surface area contributed by atoms with E-state index in [1.165, 1.54) is 0 Å². The first-order valence-corrected chi connectivity index (χ1v) is 8.84. The van der Waals surface area contributed by atoms with Gasteiger partial charge in [0.05, 0.1) is 0 Å². The lowest BCUT2D eigenvalue weighted by Gasteiger charge is -2.27. The van der Waals surface area contributed by atoms with Gasteiger partial charge >= 0.3 is 0 Å². The van der Waals surface area contributed by atoms with Crippen molar-refractivity contribution in [1.82, 2.24) is 10.6 Å². The number of carbonyl (C=O) groups excluding carboxylic acids is 2. The van der Waals surface area contributed by atoms with Crippen molar-refractivity contribution in [1.29, 1.82) is 0 Å². The van der Waals surface area contributed by atoms with E-state index in [-0.39, 0.29) is 17.7 Å². The first-order valence-electron chi connectivity index (χ1n) is 8.84. The van der Waals surface area contributed by atoms with Crippen molar-refractivity contribution in [2.45, 2.75) is 52.6 Å². The predicted molar refractivity (Wildman–Crippen MR) is 96.6 cm³/mol. The molecule has 1 aliphatic rings. The highest BCUT2D eigenvalue weighted by Gasteiger charge is 2.24. The van der Waals surface area contributed by atoms with E-state index in [9.17, 15) is 9.59 Å². The zero-order chi connectivity index (χ0) is 17.5. The second-order valence-electron chi connectivity index (χ2n) is 7.14. The van der Waals surface area contributed by atoms with E-state index in [0.717, 1.165) is 30.6 Å². The van der Waals surface area contributed by atoms with Gasteiger partial charge in [0.2, 0.25) is 11.8 Å². The van der Waals surface area contributed by atoms with Crippen molar-refractivity contribution in [3.8, 4) is 0 Å². The van der Waals surface area contributed by atoms with Gasteiger partial charge in [-0.2, -0.15) is 0 Å². The normalized spacial score (nSPS) is 20.7. The number of nitrogens with one attached hydrogen (secondary N) is 3. The van der Waals surface area contributed by atoms with E-state index in [0.29, 0.717) is 24.9 Å². The zero-order valence-corrected chi connectivity index (χ0v) is 14.9. The molecule has 132 valence electrons. The molecule has 2 amide bonds. The van der Waals surface area contributed by atoms with E-state index >= 15 is 0 Å².